The number of hydrogen-bond donors (Lipinski definition) is 2. The van der Waals surface area contributed by atoms with Crippen molar-refractivity contribution >= 4 is 10.0 Å². The van der Waals surface area contributed by atoms with Crippen LogP contribution >= 0.6 is 0 Å². The number of aromatic amines is 1. The average molecular weight is 375 g/mol. The third kappa shape index (κ3) is 2.78. The van der Waals surface area contributed by atoms with Gasteiger partial charge in [-0.25, -0.2) is 13.4 Å². The molecule has 2 aliphatic rings. The monoisotopic (exact) mass is 375 g/mol. The molecule has 1 aliphatic heterocycles. The maximum absolute atomic E-state index is 13.0. The summed E-state index contributed by atoms with van der Waals surface area (Å²) in [7, 11) is -3.61. The first-order valence-corrected chi connectivity index (χ1v) is 10.7. The minimum atomic E-state index is -3.61. The van der Waals surface area contributed by atoms with Crippen LogP contribution in [-0.4, -0.2) is 40.9 Å². The van der Waals surface area contributed by atoms with Gasteiger partial charge in [0.05, 0.1) is 11.8 Å². The highest BCUT2D eigenvalue weighted by Gasteiger charge is 2.52. The maximum atomic E-state index is 13.0. The molecule has 4 rings (SSSR count). The molecule has 0 radical (unpaired) electrons. The van der Waals surface area contributed by atoms with Gasteiger partial charge in [0.2, 0.25) is 0 Å². The third-order valence-corrected chi connectivity index (χ3v) is 7.73. The zero-order valence-corrected chi connectivity index (χ0v) is 15.7. The van der Waals surface area contributed by atoms with E-state index in [1.807, 2.05) is 37.3 Å². The number of aromatic nitrogens is 2. The molecule has 1 saturated heterocycles. The molecule has 7 heteroatoms. The highest BCUT2D eigenvalue weighted by molar-refractivity contribution is 7.89. The molecule has 0 spiro atoms. The number of H-pyrrole nitrogens is 1. The Morgan fingerprint density at radius 1 is 1.31 bits per heavy atom. The summed E-state index contributed by atoms with van der Waals surface area (Å²) in [5.74, 6) is 0.764. The summed E-state index contributed by atoms with van der Waals surface area (Å²) in [4.78, 5) is 7.04. The first-order valence-electron chi connectivity index (χ1n) is 9.27. The minimum Gasteiger partial charge on any atom is -0.385 e. The summed E-state index contributed by atoms with van der Waals surface area (Å²) in [6, 6.07) is 9.68. The van der Waals surface area contributed by atoms with Gasteiger partial charge in [0.25, 0.3) is 10.0 Å². The van der Waals surface area contributed by atoms with Crippen LogP contribution in [0.5, 0.6) is 0 Å². The smallest absolute Gasteiger partial charge is 0.260 e. The number of aryl methyl sites for hydroxylation is 1. The molecule has 2 N–H and O–H groups in total. The Kier molecular flexibility index (Phi) is 4.41. The topological polar surface area (TPSA) is 86.3 Å². The van der Waals surface area contributed by atoms with Crippen LogP contribution in [0, 0.1) is 11.8 Å². The molecule has 1 saturated carbocycles. The Labute approximate surface area is 154 Å². The molecule has 1 aromatic heterocycles. The van der Waals surface area contributed by atoms with Crippen molar-refractivity contribution in [3.05, 3.63) is 47.9 Å². The summed E-state index contributed by atoms with van der Waals surface area (Å²) in [5.41, 5.74) is -0.0689. The normalized spacial score (nSPS) is 29.6. The summed E-state index contributed by atoms with van der Waals surface area (Å²) in [6.45, 7) is 2.74. The van der Waals surface area contributed by atoms with Gasteiger partial charge >= 0.3 is 0 Å². The van der Waals surface area contributed by atoms with E-state index in [0.717, 1.165) is 18.4 Å². The zero-order valence-electron chi connectivity index (χ0n) is 14.9. The number of fused-ring (bicyclic) bond motifs is 1. The Balaban J connectivity index is 1.63. The van der Waals surface area contributed by atoms with Crippen molar-refractivity contribution in [3.8, 4) is 0 Å². The number of imidazole rings is 1. The van der Waals surface area contributed by atoms with E-state index in [-0.39, 0.29) is 16.9 Å². The lowest BCUT2D eigenvalue weighted by Gasteiger charge is -2.41. The van der Waals surface area contributed by atoms with Crippen molar-refractivity contribution in [1.82, 2.24) is 14.3 Å². The van der Waals surface area contributed by atoms with E-state index in [0.29, 0.717) is 31.8 Å². The Morgan fingerprint density at radius 2 is 2.08 bits per heavy atom. The summed E-state index contributed by atoms with van der Waals surface area (Å²) < 4.78 is 27.6. The van der Waals surface area contributed by atoms with E-state index in [9.17, 15) is 13.5 Å². The van der Waals surface area contributed by atoms with Crippen molar-refractivity contribution in [2.24, 2.45) is 11.8 Å². The van der Waals surface area contributed by atoms with Crippen LogP contribution in [-0.2, 0) is 22.0 Å². The SMILES string of the molecule is CCc1ncc(S(=O)(=O)N2C[C@H]3CCC[C@](O)(c4ccccc4)[C@H]3C2)[nH]1. The lowest BCUT2D eigenvalue weighted by atomic mass is 9.67. The molecule has 2 aromatic rings. The molecule has 140 valence electrons. The predicted octanol–water partition coefficient (Wildman–Crippen LogP) is 2.28. The molecule has 3 atom stereocenters. The van der Waals surface area contributed by atoms with Crippen LogP contribution in [0.4, 0.5) is 0 Å². The fourth-order valence-corrected chi connectivity index (χ4v) is 6.01. The fourth-order valence-electron chi connectivity index (χ4n) is 4.56. The second-order valence-electron chi connectivity index (χ2n) is 7.42. The maximum Gasteiger partial charge on any atom is 0.260 e. The second kappa shape index (κ2) is 6.48. The van der Waals surface area contributed by atoms with E-state index in [4.69, 9.17) is 0 Å². The molecular formula is C19H25N3O3S. The standard InChI is InChI=1S/C19H25N3O3S/c1-2-17-20-11-18(21-17)26(24,25)22-12-14-7-6-10-19(23,16(14)13-22)15-8-4-3-5-9-15/h3-5,8-9,11,14,16,23H,2,6-7,10,12-13H2,1H3,(H,20,21)/t14-,16+,19+/m1/s1. The van der Waals surface area contributed by atoms with Gasteiger partial charge < -0.3 is 10.1 Å². The largest absolute Gasteiger partial charge is 0.385 e. The molecule has 2 fully saturated rings. The summed E-state index contributed by atoms with van der Waals surface area (Å²) in [6.07, 6.45) is 4.60. The lowest BCUT2D eigenvalue weighted by molar-refractivity contribution is -0.0640. The van der Waals surface area contributed by atoms with Crippen molar-refractivity contribution in [3.63, 3.8) is 0 Å². The number of nitrogens with zero attached hydrogens (tertiary/aromatic N) is 2. The van der Waals surface area contributed by atoms with Gasteiger partial charge in [-0.3, -0.25) is 0 Å². The molecule has 1 aromatic carbocycles. The van der Waals surface area contributed by atoms with Crippen molar-refractivity contribution in [2.45, 2.75) is 43.2 Å². The van der Waals surface area contributed by atoms with Gasteiger partial charge in [-0.1, -0.05) is 37.3 Å². The van der Waals surface area contributed by atoms with Gasteiger partial charge in [0.1, 0.15) is 5.82 Å². The molecule has 26 heavy (non-hydrogen) atoms. The van der Waals surface area contributed by atoms with Crippen LogP contribution in [0.2, 0.25) is 0 Å². The fraction of sp³-hybridized carbons (Fsp3) is 0.526. The number of rotatable bonds is 4. The molecule has 0 unspecified atom stereocenters. The molecule has 0 bridgehead atoms. The van der Waals surface area contributed by atoms with E-state index in [1.165, 1.54) is 10.5 Å². The summed E-state index contributed by atoms with van der Waals surface area (Å²) >= 11 is 0. The zero-order chi connectivity index (χ0) is 18.4. The molecule has 0 amide bonds. The van der Waals surface area contributed by atoms with Crippen LogP contribution in [0.15, 0.2) is 41.6 Å². The number of aliphatic hydroxyl groups is 1. The first kappa shape index (κ1) is 17.7. The van der Waals surface area contributed by atoms with Gasteiger partial charge in [0.15, 0.2) is 5.03 Å². The lowest BCUT2D eigenvalue weighted by Crippen LogP contribution is -2.42. The van der Waals surface area contributed by atoms with E-state index < -0.39 is 15.6 Å². The van der Waals surface area contributed by atoms with E-state index in [1.54, 1.807) is 0 Å². The van der Waals surface area contributed by atoms with Crippen LogP contribution in [0.25, 0.3) is 0 Å². The molecule has 2 heterocycles. The molecular weight excluding hydrogens is 350 g/mol. The van der Waals surface area contributed by atoms with Gasteiger partial charge in [0, 0.05) is 25.4 Å². The van der Waals surface area contributed by atoms with Crippen LogP contribution < -0.4 is 0 Å². The second-order valence-corrected chi connectivity index (χ2v) is 9.33. The highest BCUT2D eigenvalue weighted by Crippen LogP contribution is 2.48. The van der Waals surface area contributed by atoms with E-state index in [2.05, 4.69) is 9.97 Å². The average Bonchev–Trinajstić information content (AvgIpc) is 3.31. The highest BCUT2D eigenvalue weighted by atomic mass is 32.2. The molecule has 6 nitrogen and oxygen atoms in total. The third-order valence-electron chi connectivity index (χ3n) is 5.99. The predicted molar refractivity (Wildman–Crippen MR) is 97.9 cm³/mol. The summed E-state index contributed by atoms with van der Waals surface area (Å²) in [5, 5.41) is 11.6. The van der Waals surface area contributed by atoms with Crippen molar-refractivity contribution in [1.29, 1.82) is 0 Å². The van der Waals surface area contributed by atoms with E-state index >= 15 is 0 Å². The van der Waals surface area contributed by atoms with Crippen molar-refractivity contribution in [2.75, 3.05) is 13.1 Å². The first-order chi connectivity index (χ1) is 12.4. The minimum absolute atomic E-state index is 0.0815. The van der Waals surface area contributed by atoms with Crippen LogP contribution in [0.1, 0.15) is 37.6 Å². The molecule has 1 aliphatic carbocycles. The number of benzene rings is 1. The Hall–Kier alpha value is -1.70. The van der Waals surface area contributed by atoms with Gasteiger partial charge in [-0.2, -0.15) is 4.31 Å². The van der Waals surface area contributed by atoms with Gasteiger partial charge in [-0.15, -0.1) is 0 Å². The van der Waals surface area contributed by atoms with Gasteiger partial charge in [-0.05, 0) is 30.7 Å². The van der Waals surface area contributed by atoms with Crippen LogP contribution in [0.3, 0.4) is 0 Å². The Morgan fingerprint density at radius 3 is 2.77 bits per heavy atom. The number of hydrogen-bond acceptors (Lipinski definition) is 4. The number of nitrogens with one attached hydrogen (secondary N) is 1. The Bertz CT molecular complexity index is 880. The quantitative estimate of drug-likeness (QED) is 0.858. The number of sulfonamides is 1. The van der Waals surface area contributed by atoms with Crippen molar-refractivity contribution < 1.29 is 13.5 Å².